The van der Waals surface area contributed by atoms with Crippen LogP contribution < -0.4 is 10.6 Å². The minimum atomic E-state index is -1.15. The summed E-state index contributed by atoms with van der Waals surface area (Å²) in [4.78, 5) is 68.2. The quantitative estimate of drug-likeness (QED) is 0.214. The number of carbonyl (C=O) groups is 5. The topological polar surface area (TPSA) is 142 Å². The minimum Gasteiger partial charge on any atom is -0.481 e. The van der Waals surface area contributed by atoms with Crippen LogP contribution in [0.2, 0.25) is 0 Å². The summed E-state index contributed by atoms with van der Waals surface area (Å²) >= 11 is 0. The number of hydrogen-bond donors (Lipinski definition) is 3. The Morgan fingerprint density at radius 2 is 1.51 bits per heavy atom. The van der Waals surface area contributed by atoms with Gasteiger partial charge in [-0.3, -0.25) is 24.0 Å². The number of allylic oxidation sites excluding steroid dienone is 1. The Labute approximate surface area is 330 Å². The number of fused-ring (bicyclic) bond motifs is 7. The van der Waals surface area contributed by atoms with Crippen LogP contribution in [0.5, 0.6) is 0 Å². The molecule has 6 aliphatic rings. The lowest BCUT2D eigenvalue weighted by Gasteiger charge is -2.72. The number of rotatable bonds is 9. The molecule has 2 amide bonds. The van der Waals surface area contributed by atoms with Gasteiger partial charge in [0.15, 0.2) is 5.78 Å². The Bertz CT molecular complexity index is 1680. The van der Waals surface area contributed by atoms with E-state index in [1.807, 2.05) is 27.9 Å². The molecule has 10 atom stereocenters. The predicted octanol–water partition coefficient (Wildman–Crippen LogP) is 6.95. The molecule has 0 heterocycles. The minimum absolute atomic E-state index is 0.00111. The van der Waals surface area contributed by atoms with Crippen molar-refractivity contribution < 1.29 is 33.8 Å². The molecule has 0 bridgehead atoms. The van der Waals surface area contributed by atoms with Gasteiger partial charge in [-0.25, -0.2) is 0 Å². The second-order valence-corrected chi connectivity index (χ2v) is 21.9. The second-order valence-electron chi connectivity index (χ2n) is 21.9. The summed E-state index contributed by atoms with van der Waals surface area (Å²) in [6.45, 7) is 23.8. The van der Waals surface area contributed by atoms with Crippen molar-refractivity contribution in [3.05, 3.63) is 11.1 Å². The first kappa shape index (κ1) is 41.9. The largest absolute Gasteiger partial charge is 0.481 e. The number of esters is 1. The van der Waals surface area contributed by atoms with Gasteiger partial charge in [0.2, 0.25) is 11.8 Å². The Morgan fingerprint density at radius 3 is 2.09 bits per heavy atom. The molecule has 0 radical (unpaired) electrons. The van der Waals surface area contributed by atoms with Crippen molar-refractivity contribution in [2.45, 2.75) is 158 Å². The number of carboxylic acids is 1. The molecular formula is C45H71N3O7. The zero-order valence-electron chi connectivity index (χ0n) is 36.2. The van der Waals surface area contributed by atoms with Crippen molar-refractivity contribution in [2.24, 2.45) is 62.6 Å². The summed E-state index contributed by atoms with van der Waals surface area (Å²) in [5.74, 6) is -1.33. The molecule has 5 saturated carbocycles. The maximum atomic E-state index is 14.2. The Morgan fingerprint density at radius 1 is 0.855 bits per heavy atom. The summed E-state index contributed by atoms with van der Waals surface area (Å²) in [5.41, 5.74) is -0.750. The highest BCUT2D eigenvalue weighted by Gasteiger charge is 2.70. The zero-order chi connectivity index (χ0) is 41.1. The number of nitrogens with zero attached hydrogens (tertiary/aromatic N) is 1. The number of likely N-dealkylation sites (N-methyl/N-ethyl adjacent to an activating group) is 1. The van der Waals surface area contributed by atoms with Crippen molar-refractivity contribution in [1.82, 2.24) is 15.5 Å². The van der Waals surface area contributed by atoms with Gasteiger partial charge in [0.05, 0.1) is 23.9 Å². The van der Waals surface area contributed by atoms with Gasteiger partial charge in [0, 0.05) is 11.8 Å². The van der Waals surface area contributed by atoms with Crippen LogP contribution in [-0.2, 0) is 28.7 Å². The molecular weight excluding hydrogens is 695 g/mol. The van der Waals surface area contributed by atoms with E-state index in [9.17, 15) is 29.1 Å². The molecule has 10 heteroatoms. The summed E-state index contributed by atoms with van der Waals surface area (Å²) in [7, 11) is 3.64. The highest BCUT2D eigenvalue weighted by molar-refractivity contribution is 6.03. The lowest BCUT2D eigenvalue weighted by molar-refractivity contribution is -0.235. The fraction of sp³-hybridized carbons (Fsp3) is 0.844. The number of hydrogen-bond acceptors (Lipinski definition) is 7. The number of Topliss-reactive ketones (excluding diaryl/α,β-unsaturated/α-hetero) is 1. The monoisotopic (exact) mass is 766 g/mol. The standard InChI is InChI=1S/C45H71N3O7/c1-25(2)34-29(49)23-45(47-38(54)41(7,8)46-33(50)24-48(12)13)21-20-43(10)26(35(34)45)14-15-31-42(9)18-17-32(40(5,6)30(42)16-19-44(31,43)11)55-37(53)28-22-27(36(51)52)39(28,3)4/h25-28,30-32H,14-24H2,1-13H3,(H,46,50)(H,47,54)(H,51,52)/t26-,27+,28-,30+,31-,32+,42+,43-,44-,45-/m1/s1. The molecule has 5 fully saturated rings. The third-order valence-electron chi connectivity index (χ3n) is 17.3. The molecule has 0 spiro atoms. The van der Waals surface area contributed by atoms with Crippen molar-refractivity contribution in [3.63, 3.8) is 0 Å². The Hall–Kier alpha value is -2.75. The highest BCUT2D eigenvalue weighted by Crippen LogP contribution is 2.76. The smallest absolute Gasteiger partial charge is 0.309 e. The van der Waals surface area contributed by atoms with E-state index in [1.54, 1.807) is 18.7 Å². The van der Waals surface area contributed by atoms with Crippen LogP contribution in [0.25, 0.3) is 0 Å². The molecule has 0 saturated heterocycles. The molecule has 6 aliphatic carbocycles. The Kier molecular flexibility index (Phi) is 10.2. The molecule has 0 unspecified atom stereocenters. The zero-order valence-corrected chi connectivity index (χ0v) is 36.2. The number of carbonyl (C=O) groups excluding carboxylic acids is 4. The number of nitrogens with one attached hydrogen (secondary N) is 2. The second kappa shape index (κ2) is 13.4. The van der Waals surface area contributed by atoms with E-state index in [0.29, 0.717) is 24.7 Å². The molecule has 0 aromatic rings. The molecule has 6 rings (SSSR count). The lowest BCUT2D eigenvalue weighted by atomic mass is 9.33. The van der Waals surface area contributed by atoms with Crippen LogP contribution in [0, 0.1) is 62.6 Å². The van der Waals surface area contributed by atoms with E-state index >= 15 is 0 Å². The van der Waals surface area contributed by atoms with Crippen molar-refractivity contribution in [2.75, 3.05) is 20.6 Å². The van der Waals surface area contributed by atoms with Crippen LogP contribution in [0.4, 0.5) is 0 Å². The fourth-order valence-corrected chi connectivity index (χ4v) is 14.0. The first-order valence-electron chi connectivity index (χ1n) is 21.2. The summed E-state index contributed by atoms with van der Waals surface area (Å²) < 4.78 is 6.40. The molecule has 0 aliphatic heterocycles. The highest BCUT2D eigenvalue weighted by atomic mass is 16.5. The van der Waals surface area contributed by atoms with Gasteiger partial charge >= 0.3 is 11.9 Å². The first-order valence-corrected chi connectivity index (χ1v) is 21.2. The summed E-state index contributed by atoms with van der Waals surface area (Å²) in [6.07, 6.45) is 7.83. The molecule has 55 heavy (non-hydrogen) atoms. The van der Waals surface area contributed by atoms with Crippen molar-refractivity contribution >= 4 is 29.5 Å². The average Bonchev–Trinajstić information content (AvgIpc) is 3.33. The third kappa shape index (κ3) is 6.23. The molecule has 0 aromatic carbocycles. The fourth-order valence-electron chi connectivity index (χ4n) is 14.0. The Balaban J connectivity index is 1.26. The third-order valence-corrected chi connectivity index (χ3v) is 17.3. The first-order chi connectivity index (χ1) is 25.2. The van der Waals surface area contributed by atoms with Gasteiger partial charge in [-0.15, -0.1) is 0 Å². The summed E-state index contributed by atoms with van der Waals surface area (Å²) in [5, 5.41) is 16.0. The normalized spacial score (nSPS) is 40.3. The molecule has 308 valence electrons. The van der Waals surface area contributed by atoms with Gasteiger partial charge < -0.3 is 25.4 Å². The average molecular weight is 766 g/mol. The van der Waals surface area contributed by atoms with Crippen LogP contribution in [0.1, 0.15) is 140 Å². The maximum absolute atomic E-state index is 14.2. The van der Waals surface area contributed by atoms with E-state index in [0.717, 1.165) is 56.1 Å². The maximum Gasteiger partial charge on any atom is 0.309 e. The number of carboxylic acid groups (broad SMARTS) is 1. The number of amides is 2. The SMILES string of the molecule is CC(C)C1=C2[C@H]3CC[C@@H]4[C@@]5(C)CC[C@H](OC(=O)[C@H]6C[C@@H](C(=O)O)C6(C)C)C(C)(C)[C@@H]5CC[C@@]4(C)[C@]3(C)CC[C@@]2(NC(=O)C(C)(C)NC(=O)CN(C)C)CC1=O. The number of aliphatic carboxylic acids is 1. The number of ether oxygens (including phenoxy) is 1. The van der Waals surface area contributed by atoms with E-state index in [4.69, 9.17) is 4.74 Å². The van der Waals surface area contributed by atoms with Gasteiger partial charge in [0.25, 0.3) is 0 Å². The van der Waals surface area contributed by atoms with Gasteiger partial charge in [-0.1, -0.05) is 62.3 Å². The van der Waals surface area contributed by atoms with Crippen LogP contribution in [-0.4, -0.2) is 77.4 Å². The summed E-state index contributed by atoms with van der Waals surface area (Å²) in [6, 6.07) is 0. The molecule has 0 aromatic heterocycles. The van der Waals surface area contributed by atoms with Gasteiger partial charge in [-0.05, 0) is 142 Å². The van der Waals surface area contributed by atoms with Crippen LogP contribution in [0.3, 0.4) is 0 Å². The van der Waals surface area contributed by atoms with Crippen LogP contribution >= 0.6 is 0 Å². The van der Waals surface area contributed by atoms with E-state index < -0.39 is 34.3 Å². The van der Waals surface area contributed by atoms with Gasteiger partial charge in [0.1, 0.15) is 11.6 Å². The van der Waals surface area contributed by atoms with Gasteiger partial charge in [-0.2, -0.15) is 0 Å². The van der Waals surface area contributed by atoms with E-state index in [2.05, 4.69) is 59.1 Å². The predicted molar refractivity (Wildman–Crippen MR) is 212 cm³/mol. The van der Waals surface area contributed by atoms with E-state index in [-0.39, 0.29) is 76.1 Å². The molecule has 10 nitrogen and oxygen atoms in total. The molecule has 3 N–H and O–H groups in total. The number of ketones is 1. The van der Waals surface area contributed by atoms with Crippen molar-refractivity contribution in [3.8, 4) is 0 Å². The van der Waals surface area contributed by atoms with Crippen molar-refractivity contribution in [1.29, 1.82) is 0 Å². The van der Waals surface area contributed by atoms with E-state index in [1.165, 1.54) is 0 Å². The van der Waals surface area contributed by atoms with Crippen LogP contribution in [0.15, 0.2) is 11.1 Å². The lowest BCUT2D eigenvalue weighted by Crippen LogP contribution is -2.68.